The molecule has 1 saturated carbocycles. The lowest BCUT2D eigenvalue weighted by molar-refractivity contribution is -0.119. The highest BCUT2D eigenvalue weighted by atomic mass is 16.2. The van der Waals surface area contributed by atoms with Crippen LogP contribution in [0.3, 0.4) is 0 Å². The third kappa shape index (κ3) is 2.45. The van der Waals surface area contributed by atoms with Crippen LogP contribution in [0.25, 0.3) is 0 Å². The topological polar surface area (TPSA) is 43.9 Å². The smallest absolute Gasteiger partial charge is 0.258 e. The molecule has 27 heavy (non-hydrogen) atoms. The molecule has 2 heterocycles. The van der Waals surface area contributed by atoms with Crippen molar-refractivity contribution >= 4 is 28.9 Å². The van der Waals surface area contributed by atoms with Crippen LogP contribution in [-0.4, -0.2) is 37.5 Å². The summed E-state index contributed by atoms with van der Waals surface area (Å²) >= 11 is 0. The lowest BCUT2D eigenvalue weighted by atomic mass is 10.0. The van der Waals surface area contributed by atoms with Gasteiger partial charge in [-0.15, -0.1) is 0 Å². The minimum atomic E-state index is -0.187. The molecule has 0 N–H and O–H groups in total. The summed E-state index contributed by atoms with van der Waals surface area (Å²) in [6, 6.07) is 14.1. The number of benzene rings is 2. The van der Waals surface area contributed by atoms with Gasteiger partial charge in [-0.3, -0.25) is 9.59 Å². The Bertz CT molecular complexity index is 950. The van der Waals surface area contributed by atoms with E-state index >= 15 is 0 Å². The Hall–Kier alpha value is -2.82. The van der Waals surface area contributed by atoms with Crippen molar-refractivity contribution in [3.8, 4) is 0 Å². The quantitative estimate of drug-likeness (QED) is 0.825. The van der Waals surface area contributed by atoms with Crippen molar-refractivity contribution in [2.75, 3.05) is 28.3 Å². The van der Waals surface area contributed by atoms with Crippen molar-refractivity contribution in [1.29, 1.82) is 0 Å². The summed E-state index contributed by atoms with van der Waals surface area (Å²) in [4.78, 5) is 31.7. The molecule has 5 nitrogen and oxygen atoms in total. The van der Waals surface area contributed by atoms with Gasteiger partial charge in [-0.2, -0.15) is 0 Å². The van der Waals surface area contributed by atoms with Crippen LogP contribution in [0, 0.1) is 0 Å². The number of carbonyl (C=O) groups is 2. The van der Waals surface area contributed by atoms with Crippen molar-refractivity contribution < 1.29 is 9.59 Å². The zero-order chi connectivity index (χ0) is 18.7. The van der Waals surface area contributed by atoms with Gasteiger partial charge in [-0.05, 0) is 56.0 Å². The molecule has 0 spiro atoms. The van der Waals surface area contributed by atoms with Crippen molar-refractivity contribution in [3.05, 3.63) is 53.6 Å². The molecule has 138 valence electrons. The molecular weight excluding hydrogens is 338 g/mol. The standard InChI is InChI=1S/C22H23N3O2/c1-14-21(26)23(2)19-10-7-16(13-20(19)25(14)17-8-9-17)22(27)24-12-11-15-5-3-4-6-18(15)24/h3-7,10,13-14,17H,8-9,11-12H2,1-2H3. The van der Waals surface area contributed by atoms with Crippen LogP contribution in [0.5, 0.6) is 0 Å². The SMILES string of the molecule is CC1C(=O)N(C)c2ccc(C(=O)N3CCc4ccccc43)cc2N1C1CC1. The lowest BCUT2D eigenvalue weighted by Gasteiger charge is -2.40. The summed E-state index contributed by atoms with van der Waals surface area (Å²) in [6.07, 6.45) is 3.12. The second kappa shape index (κ2) is 5.84. The molecule has 1 fully saturated rings. The van der Waals surface area contributed by atoms with Crippen LogP contribution in [0.1, 0.15) is 35.7 Å². The minimum absolute atomic E-state index is 0.0331. The average Bonchev–Trinajstić information content (AvgIpc) is 3.43. The molecule has 2 aliphatic heterocycles. The first-order chi connectivity index (χ1) is 13.1. The number of likely N-dealkylation sites (N-methyl/N-ethyl adjacent to an activating group) is 1. The van der Waals surface area contributed by atoms with Crippen LogP contribution in [-0.2, 0) is 11.2 Å². The molecule has 2 amide bonds. The monoisotopic (exact) mass is 361 g/mol. The van der Waals surface area contributed by atoms with Gasteiger partial charge in [-0.1, -0.05) is 18.2 Å². The van der Waals surface area contributed by atoms with E-state index in [1.54, 1.807) is 4.90 Å². The number of nitrogens with zero attached hydrogens (tertiary/aromatic N) is 3. The fraction of sp³-hybridized carbons (Fsp3) is 0.364. The fourth-order valence-electron chi connectivity index (χ4n) is 4.44. The van der Waals surface area contributed by atoms with E-state index in [1.165, 1.54) is 5.56 Å². The molecule has 3 aliphatic rings. The highest BCUT2D eigenvalue weighted by Crippen LogP contribution is 2.43. The predicted octanol–water partition coefficient (Wildman–Crippen LogP) is 3.22. The van der Waals surface area contributed by atoms with E-state index < -0.39 is 0 Å². The maximum Gasteiger partial charge on any atom is 0.258 e. The molecule has 1 atom stereocenters. The first-order valence-electron chi connectivity index (χ1n) is 9.66. The van der Waals surface area contributed by atoms with Gasteiger partial charge in [0.05, 0.1) is 11.4 Å². The maximum atomic E-state index is 13.2. The first kappa shape index (κ1) is 16.4. The van der Waals surface area contributed by atoms with Gasteiger partial charge in [-0.25, -0.2) is 0 Å². The molecule has 2 aromatic carbocycles. The number of para-hydroxylation sites is 1. The Morgan fingerprint density at radius 3 is 2.59 bits per heavy atom. The summed E-state index contributed by atoms with van der Waals surface area (Å²) in [5.41, 5.74) is 4.82. The van der Waals surface area contributed by atoms with Gasteiger partial charge in [0.15, 0.2) is 0 Å². The number of anilines is 3. The van der Waals surface area contributed by atoms with Gasteiger partial charge in [0.1, 0.15) is 6.04 Å². The van der Waals surface area contributed by atoms with E-state index in [-0.39, 0.29) is 17.9 Å². The zero-order valence-electron chi connectivity index (χ0n) is 15.7. The molecule has 0 aromatic heterocycles. The van der Waals surface area contributed by atoms with E-state index in [0.29, 0.717) is 11.6 Å². The normalized spacial score (nSPS) is 21.3. The van der Waals surface area contributed by atoms with Crippen molar-refractivity contribution in [2.24, 2.45) is 0 Å². The third-order valence-corrected chi connectivity index (χ3v) is 6.04. The Labute approximate surface area is 159 Å². The molecule has 5 rings (SSSR count). The number of carbonyl (C=O) groups excluding carboxylic acids is 2. The molecule has 5 heteroatoms. The fourth-order valence-corrected chi connectivity index (χ4v) is 4.44. The summed E-state index contributed by atoms with van der Waals surface area (Å²) in [7, 11) is 1.82. The summed E-state index contributed by atoms with van der Waals surface area (Å²) in [6.45, 7) is 2.68. The summed E-state index contributed by atoms with van der Waals surface area (Å²) < 4.78 is 0. The van der Waals surface area contributed by atoms with Gasteiger partial charge in [0, 0.05) is 30.9 Å². The Morgan fingerprint density at radius 2 is 1.81 bits per heavy atom. The van der Waals surface area contributed by atoms with Crippen LogP contribution in [0.4, 0.5) is 17.1 Å². The maximum absolute atomic E-state index is 13.2. The Balaban J connectivity index is 1.54. The summed E-state index contributed by atoms with van der Waals surface area (Å²) in [5.74, 6) is 0.146. The number of hydrogen-bond acceptors (Lipinski definition) is 3. The molecule has 2 aromatic rings. The van der Waals surface area contributed by atoms with Crippen LogP contribution >= 0.6 is 0 Å². The van der Waals surface area contributed by atoms with Gasteiger partial charge < -0.3 is 14.7 Å². The number of fused-ring (bicyclic) bond motifs is 2. The lowest BCUT2D eigenvalue weighted by Crippen LogP contribution is -2.51. The van der Waals surface area contributed by atoms with Gasteiger partial charge in [0.25, 0.3) is 5.91 Å². The van der Waals surface area contributed by atoms with Crippen LogP contribution < -0.4 is 14.7 Å². The van der Waals surface area contributed by atoms with Crippen LogP contribution in [0.15, 0.2) is 42.5 Å². The molecule has 1 unspecified atom stereocenters. The highest BCUT2D eigenvalue weighted by molar-refractivity contribution is 6.10. The molecule has 1 aliphatic carbocycles. The van der Waals surface area contributed by atoms with Crippen molar-refractivity contribution in [2.45, 2.75) is 38.3 Å². The predicted molar refractivity (Wildman–Crippen MR) is 107 cm³/mol. The molecule has 0 saturated heterocycles. The molecular formula is C22H23N3O2. The Kier molecular flexibility index (Phi) is 3.54. The second-order valence-electron chi connectivity index (χ2n) is 7.75. The third-order valence-electron chi connectivity index (χ3n) is 6.04. The van der Waals surface area contributed by atoms with E-state index in [0.717, 1.165) is 42.9 Å². The average molecular weight is 361 g/mol. The molecule has 0 radical (unpaired) electrons. The Morgan fingerprint density at radius 1 is 1.04 bits per heavy atom. The van der Waals surface area contributed by atoms with Crippen molar-refractivity contribution in [1.82, 2.24) is 0 Å². The first-order valence-corrected chi connectivity index (χ1v) is 9.66. The van der Waals surface area contributed by atoms with Crippen molar-refractivity contribution in [3.63, 3.8) is 0 Å². The van der Waals surface area contributed by atoms with E-state index in [1.807, 2.05) is 55.3 Å². The van der Waals surface area contributed by atoms with E-state index in [9.17, 15) is 9.59 Å². The highest BCUT2D eigenvalue weighted by Gasteiger charge is 2.41. The number of amides is 2. The zero-order valence-corrected chi connectivity index (χ0v) is 15.7. The number of hydrogen-bond donors (Lipinski definition) is 0. The second-order valence-corrected chi connectivity index (χ2v) is 7.75. The van der Waals surface area contributed by atoms with Gasteiger partial charge in [0.2, 0.25) is 5.91 Å². The van der Waals surface area contributed by atoms with E-state index in [4.69, 9.17) is 0 Å². The minimum Gasteiger partial charge on any atom is -0.355 e. The summed E-state index contributed by atoms with van der Waals surface area (Å²) in [5, 5.41) is 0. The van der Waals surface area contributed by atoms with E-state index in [2.05, 4.69) is 11.0 Å². The van der Waals surface area contributed by atoms with Gasteiger partial charge >= 0.3 is 0 Å². The largest absolute Gasteiger partial charge is 0.355 e. The number of rotatable bonds is 2. The van der Waals surface area contributed by atoms with Crippen LogP contribution in [0.2, 0.25) is 0 Å². The molecule has 0 bridgehead atoms.